The van der Waals surface area contributed by atoms with Crippen molar-refractivity contribution < 1.29 is 13.2 Å². The van der Waals surface area contributed by atoms with Crippen molar-refractivity contribution in [2.45, 2.75) is 39.0 Å². The van der Waals surface area contributed by atoms with E-state index in [-0.39, 0.29) is 4.90 Å². The molecule has 0 spiro atoms. The van der Waals surface area contributed by atoms with Crippen molar-refractivity contribution in [3.8, 4) is 0 Å². The summed E-state index contributed by atoms with van der Waals surface area (Å²) < 4.78 is 32.6. The first-order chi connectivity index (χ1) is 9.74. The molecule has 21 heavy (non-hydrogen) atoms. The number of nitrogens with two attached hydrogens (primary N) is 1. The van der Waals surface area contributed by atoms with Crippen molar-refractivity contribution in [1.29, 1.82) is 0 Å². The molecular formula is C15H26N2O3S. The van der Waals surface area contributed by atoms with Crippen LogP contribution in [0.25, 0.3) is 0 Å². The molecule has 3 N–H and O–H groups in total. The van der Waals surface area contributed by atoms with Gasteiger partial charge in [-0.25, -0.2) is 13.1 Å². The molecule has 0 atom stereocenters. The Bertz CT molecular complexity index is 569. The lowest BCUT2D eigenvalue weighted by molar-refractivity contribution is 0.108. The molecule has 0 fully saturated rings. The van der Waals surface area contributed by atoms with Crippen molar-refractivity contribution in [2.24, 2.45) is 5.92 Å². The minimum absolute atomic E-state index is 0.253. The fourth-order valence-corrected chi connectivity index (χ4v) is 3.34. The average molecular weight is 314 g/mol. The molecule has 0 aliphatic carbocycles. The van der Waals surface area contributed by atoms with Crippen molar-refractivity contribution >= 4 is 15.7 Å². The summed E-state index contributed by atoms with van der Waals surface area (Å²) in [4.78, 5) is 0.253. The first-order valence-corrected chi connectivity index (χ1v) is 8.66. The largest absolute Gasteiger partial charge is 0.398 e. The molecule has 6 heteroatoms. The molecule has 0 heterocycles. The Balaban J connectivity index is 2.59. The number of hydrogen-bond donors (Lipinski definition) is 2. The molecule has 5 nitrogen and oxygen atoms in total. The van der Waals surface area contributed by atoms with Crippen LogP contribution in [-0.2, 0) is 14.8 Å². The van der Waals surface area contributed by atoms with Crippen LogP contribution >= 0.6 is 0 Å². The van der Waals surface area contributed by atoms with Crippen LogP contribution in [0.5, 0.6) is 0 Å². The Morgan fingerprint density at radius 1 is 1.29 bits per heavy atom. The molecule has 0 aliphatic rings. The number of benzene rings is 1. The van der Waals surface area contributed by atoms with Gasteiger partial charge in [0.2, 0.25) is 10.0 Å². The zero-order valence-corrected chi connectivity index (χ0v) is 14.1. The van der Waals surface area contributed by atoms with Crippen LogP contribution in [0.2, 0.25) is 0 Å². The quantitative estimate of drug-likeness (QED) is 0.569. The van der Waals surface area contributed by atoms with Crippen molar-refractivity contribution in [3.63, 3.8) is 0 Å². The van der Waals surface area contributed by atoms with Gasteiger partial charge in [-0.3, -0.25) is 0 Å². The molecule has 1 aromatic rings. The van der Waals surface area contributed by atoms with Crippen molar-refractivity contribution in [2.75, 3.05) is 25.5 Å². The average Bonchev–Trinajstić information content (AvgIpc) is 2.37. The van der Waals surface area contributed by atoms with Crippen molar-refractivity contribution in [3.05, 3.63) is 23.3 Å². The Kier molecular flexibility index (Phi) is 6.64. The lowest BCUT2D eigenvalue weighted by atomic mass is 10.1. The van der Waals surface area contributed by atoms with E-state index in [1.54, 1.807) is 19.1 Å². The monoisotopic (exact) mass is 314 g/mol. The van der Waals surface area contributed by atoms with Crippen LogP contribution in [0.15, 0.2) is 17.0 Å². The van der Waals surface area contributed by atoms with E-state index in [2.05, 4.69) is 18.6 Å². The summed E-state index contributed by atoms with van der Waals surface area (Å²) in [5.41, 5.74) is 7.74. The minimum Gasteiger partial charge on any atom is -0.398 e. The molecule has 0 unspecified atom stereocenters. The Morgan fingerprint density at radius 3 is 2.57 bits per heavy atom. The van der Waals surface area contributed by atoms with E-state index in [0.717, 1.165) is 5.56 Å². The molecule has 0 saturated carbocycles. The maximum absolute atomic E-state index is 12.3. The molecule has 0 radical (unpaired) electrons. The Hall–Kier alpha value is -1.11. The molecule has 0 saturated heterocycles. The predicted octanol–water partition coefficient (Wildman–Crippen LogP) is 2.23. The van der Waals surface area contributed by atoms with Gasteiger partial charge in [-0.15, -0.1) is 0 Å². The van der Waals surface area contributed by atoms with E-state index >= 15 is 0 Å². The van der Waals surface area contributed by atoms with Crippen LogP contribution < -0.4 is 10.5 Å². The normalized spacial score (nSPS) is 12.0. The van der Waals surface area contributed by atoms with E-state index < -0.39 is 10.0 Å². The molecule has 0 bridgehead atoms. The van der Waals surface area contributed by atoms with Crippen LogP contribution in [0, 0.1) is 19.8 Å². The fourth-order valence-electron chi connectivity index (χ4n) is 1.91. The standard InChI is InChI=1S/C15H26N2O3S/c1-11(2)10-20-7-5-6-17-21(18,19)15-9-12(3)8-14(16)13(15)4/h8-9,11,17H,5-7,10,16H2,1-4H3. The zero-order valence-electron chi connectivity index (χ0n) is 13.3. The van der Waals surface area contributed by atoms with E-state index in [9.17, 15) is 8.42 Å². The number of rotatable bonds is 8. The summed E-state index contributed by atoms with van der Waals surface area (Å²) >= 11 is 0. The molecule has 0 amide bonds. The highest BCUT2D eigenvalue weighted by atomic mass is 32.2. The van der Waals surface area contributed by atoms with Gasteiger partial charge < -0.3 is 10.5 Å². The van der Waals surface area contributed by atoms with Gasteiger partial charge in [0.05, 0.1) is 4.90 Å². The highest BCUT2D eigenvalue weighted by Crippen LogP contribution is 2.22. The van der Waals surface area contributed by atoms with Crippen LogP contribution in [0.4, 0.5) is 5.69 Å². The molecule has 0 aromatic heterocycles. The van der Waals surface area contributed by atoms with E-state index in [1.807, 2.05) is 6.92 Å². The second kappa shape index (κ2) is 7.77. The third kappa shape index (κ3) is 5.65. The highest BCUT2D eigenvalue weighted by Gasteiger charge is 2.18. The van der Waals surface area contributed by atoms with Gasteiger partial charge in [-0.2, -0.15) is 0 Å². The Labute approximate surface area is 127 Å². The van der Waals surface area contributed by atoms with Gasteiger partial charge in [0.15, 0.2) is 0 Å². The SMILES string of the molecule is Cc1cc(N)c(C)c(S(=O)(=O)NCCCOCC(C)C)c1. The van der Waals surface area contributed by atoms with E-state index in [0.29, 0.717) is 43.3 Å². The van der Waals surface area contributed by atoms with Crippen LogP contribution in [-0.4, -0.2) is 28.2 Å². The van der Waals surface area contributed by atoms with Crippen molar-refractivity contribution in [1.82, 2.24) is 4.72 Å². The maximum atomic E-state index is 12.3. The second-order valence-corrected chi connectivity index (χ2v) is 7.43. The number of nitrogen functional groups attached to an aromatic ring is 1. The highest BCUT2D eigenvalue weighted by molar-refractivity contribution is 7.89. The zero-order chi connectivity index (χ0) is 16.0. The molecule has 1 rings (SSSR count). The van der Waals surface area contributed by atoms with Crippen LogP contribution in [0.1, 0.15) is 31.4 Å². The Morgan fingerprint density at radius 2 is 1.95 bits per heavy atom. The van der Waals surface area contributed by atoms with Gasteiger partial charge in [-0.1, -0.05) is 13.8 Å². The van der Waals surface area contributed by atoms with Gasteiger partial charge >= 0.3 is 0 Å². The number of aryl methyl sites for hydroxylation is 1. The smallest absolute Gasteiger partial charge is 0.240 e. The summed E-state index contributed by atoms with van der Waals surface area (Å²) in [6.45, 7) is 9.30. The van der Waals surface area contributed by atoms with Gasteiger partial charge in [0.25, 0.3) is 0 Å². The molecular weight excluding hydrogens is 288 g/mol. The van der Waals surface area contributed by atoms with Gasteiger partial charge in [0, 0.05) is 25.4 Å². The third-order valence-corrected chi connectivity index (χ3v) is 4.63. The number of anilines is 1. The summed E-state index contributed by atoms with van der Waals surface area (Å²) in [6.07, 6.45) is 0.645. The number of sulfonamides is 1. The summed E-state index contributed by atoms with van der Waals surface area (Å²) in [6, 6.07) is 3.41. The predicted molar refractivity (Wildman–Crippen MR) is 85.8 cm³/mol. The fraction of sp³-hybridized carbons (Fsp3) is 0.600. The van der Waals surface area contributed by atoms with Gasteiger partial charge in [0.1, 0.15) is 0 Å². The summed E-state index contributed by atoms with van der Waals surface area (Å²) in [7, 11) is -3.53. The van der Waals surface area contributed by atoms with Gasteiger partial charge in [-0.05, 0) is 49.4 Å². The third-order valence-electron chi connectivity index (χ3n) is 3.04. The number of ether oxygens (including phenoxy) is 1. The minimum atomic E-state index is -3.53. The van der Waals surface area contributed by atoms with E-state index in [1.165, 1.54) is 0 Å². The lowest BCUT2D eigenvalue weighted by Gasteiger charge is -2.12. The summed E-state index contributed by atoms with van der Waals surface area (Å²) in [5, 5.41) is 0. The second-order valence-electron chi connectivity index (χ2n) is 5.70. The lowest BCUT2D eigenvalue weighted by Crippen LogP contribution is -2.26. The van der Waals surface area contributed by atoms with Crippen LogP contribution in [0.3, 0.4) is 0 Å². The van der Waals surface area contributed by atoms with E-state index in [4.69, 9.17) is 10.5 Å². The maximum Gasteiger partial charge on any atom is 0.240 e. The number of nitrogens with one attached hydrogen (secondary N) is 1. The number of hydrogen-bond acceptors (Lipinski definition) is 4. The topological polar surface area (TPSA) is 81.4 Å². The first kappa shape index (κ1) is 17.9. The molecule has 120 valence electrons. The first-order valence-electron chi connectivity index (χ1n) is 7.18. The molecule has 1 aromatic carbocycles. The summed E-state index contributed by atoms with van der Waals surface area (Å²) in [5.74, 6) is 0.486. The molecule has 0 aliphatic heterocycles.